The number of ether oxygens (including phenoxy) is 1. The van der Waals surface area contributed by atoms with E-state index in [0.717, 1.165) is 36.6 Å². The van der Waals surface area contributed by atoms with Gasteiger partial charge in [-0.1, -0.05) is 53.4 Å². The highest BCUT2D eigenvalue weighted by molar-refractivity contribution is 9.10. The maximum Gasteiger partial charge on any atom is 0.312 e. The second-order valence-electron chi connectivity index (χ2n) is 5.33. The molecular weight excluding hydrogens is 304 g/mol. The lowest BCUT2D eigenvalue weighted by atomic mass is 9.70. The predicted molar refractivity (Wildman–Crippen MR) is 80.0 cm³/mol. The Morgan fingerprint density at radius 3 is 2.58 bits per heavy atom. The van der Waals surface area contributed by atoms with E-state index in [1.54, 1.807) is 0 Å². The first-order valence-electron chi connectivity index (χ1n) is 7.08. The average molecular weight is 325 g/mol. The Hall–Kier alpha value is -0.830. The van der Waals surface area contributed by atoms with Gasteiger partial charge in [0.1, 0.15) is 0 Å². The summed E-state index contributed by atoms with van der Waals surface area (Å²) in [6.07, 6.45) is 6.18. The molecule has 0 aliphatic heterocycles. The van der Waals surface area contributed by atoms with Gasteiger partial charge in [-0.15, -0.1) is 0 Å². The third-order valence-corrected chi connectivity index (χ3v) is 4.78. The average Bonchev–Trinajstić information content (AvgIpc) is 2.43. The van der Waals surface area contributed by atoms with E-state index in [4.69, 9.17) is 4.74 Å². The van der Waals surface area contributed by atoms with Crippen LogP contribution >= 0.6 is 15.9 Å². The molecule has 1 aromatic rings. The Bertz CT molecular complexity index is 436. The molecule has 1 saturated carbocycles. The van der Waals surface area contributed by atoms with Crippen LogP contribution in [0.25, 0.3) is 0 Å². The molecule has 1 aliphatic carbocycles. The van der Waals surface area contributed by atoms with Crippen molar-refractivity contribution < 1.29 is 9.53 Å². The molecule has 19 heavy (non-hydrogen) atoms. The van der Waals surface area contributed by atoms with Crippen LogP contribution in [0.2, 0.25) is 0 Å². The van der Waals surface area contributed by atoms with Crippen LogP contribution in [0.4, 0.5) is 0 Å². The fraction of sp³-hybridized carbons (Fsp3) is 0.562. The molecule has 0 heterocycles. The molecule has 1 aliphatic rings. The molecule has 104 valence electrons. The van der Waals surface area contributed by atoms with Crippen molar-refractivity contribution in [1.29, 1.82) is 0 Å². The van der Waals surface area contributed by atoms with Crippen LogP contribution in [-0.4, -0.2) is 12.6 Å². The Balaban J connectivity index is 2.23. The smallest absolute Gasteiger partial charge is 0.312 e. The van der Waals surface area contributed by atoms with Crippen molar-refractivity contribution in [3.05, 3.63) is 34.3 Å². The van der Waals surface area contributed by atoms with Gasteiger partial charge in [-0.05, 0) is 37.8 Å². The Labute approximate surface area is 123 Å². The summed E-state index contributed by atoms with van der Waals surface area (Å²) in [5, 5.41) is 0. The van der Waals surface area contributed by atoms with Gasteiger partial charge in [-0.2, -0.15) is 0 Å². The van der Waals surface area contributed by atoms with Gasteiger partial charge >= 0.3 is 5.97 Å². The van der Waals surface area contributed by atoms with Gasteiger partial charge in [0.25, 0.3) is 0 Å². The minimum absolute atomic E-state index is 0.00884. The molecule has 0 aromatic heterocycles. The minimum Gasteiger partial charge on any atom is -0.466 e. The number of carbonyl (C=O) groups excluding carboxylic acids is 1. The second-order valence-corrected chi connectivity index (χ2v) is 6.18. The molecular formula is C16H21BrO2. The van der Waals surface area contributed by atoms with E-state index in [1.165, 1.54) is 12.0 Å². The van der Waals surface area contributed by atoms with Crippen LogP contribution in [0.15, 0.2) is 28.7 Å². The summed E-state index contributed by atoms with van der Waals surface area (Å²) in [5.74, 6) is -0.00884. The number of hydrogen-bond acceptors (Lipinski definition) is 2. The van der Waals surface area contributed by atoms with Gasteiger partial charge < -0.3 is 4.74 Å². The molecule has 0 saturated heterocycles. The predicted octanol–water partition coefficient (Wildman–Crippen LogP) is 4.51. The molecule has 0 spiro atoms. The van der Waals surface area contributed by atoms with Crippen LogP contribution in [0.5, 0.6) is 0 Å². The minimum atomic E-state index is -0.307. The topological polar surface area (TPSA) is 26.3 Å². The molecule has 2 nitrogen and oxygen atoms in total. The van der Waals surface area contributed by atoms with Crippen LogP contribution in [0.3, 0.4) is 0 Å². The number of hydrogen-bond donors (Lipinski definition) is 0. The molecule has 1 fully saturated rings. The first-order chi connectivity index (χ1) is 9.18. The van der Waals surface area contributed by atoms with E-state index in [2.05, 4.69) is 22.0 Å². The molecule has 2 rings (SSSR count). The normalized spacial score (nSPS) is 18.0. The van der Waals surface area contributed by atoms with E-state index in [1.807, 2.05) is 25.1 Å². The molecule has 0 amide bonds. The first kappa shape index (κ1) is 14.6. The third kappa shape index (κ3) is 3.38. The van der Waals surface area contributed by atoms with Gasteiger partial charge in [-0.25, -0.2) is 0 Å². The Morgan fingerprint density at radius 2 is 1.95 bits per heavy atom. The summed E-state index contributed by atoms with van der Waals surface area (Å²) in [6, 6.07) is 8.17. The summed E-state index contributed by atoms with van der Waals surface area (Å²) in [4.78, 5) is 12.4. The van der Waals surface area contributed by atoms with Crippen molar-refractivity contribution in [3.8, 4) is 0 Å². The van der Waals surface area contributed by atoms with Crippen LogP contribution in [0.1, 0.15) is 44.6 Å². The highest BCUT2D eigenvalue weighted by atomic mass is 79.9. The lowest BCUT2D eigenvalue weighted by Crippen LogP contribution is -2.37. The fourth-order valence-corrected chi connectivity index (χ4v) is 3.40. The summed E-state index contributed by atoms with van der Waals surface area (Å²) in [5.41, 5.74) is 0.899. The Kier molecular flexibility index (Phi) is 5.03. The van der Waals surface area contributed by atoms with Crippen molar-refractivity contribution in [1.82, 2.24) is 0 Å². The molecule has 0 bridgehead atoms. The number of rotatable bonds is 4. The summed E-state index contributed by atoms with van der Waals surface area (Å²) < 4.78 is 6.43. The van der Waals surface area contributed by atoms with E-state index in [9.17, 15) is 4.79 Å². The van der Waals surface area contributed by atoms with E-state index < -0.39 is 0 Å². The summed E-state index contributed by atoms with van der Waals surface area (Å²) in [7, 11) is 0. The van der Waals surface area contributed by atoms with Crippen molar-refractivity contribution in [2.45, 2.75) is 45.4 Å². The largest absolute Gasteiger partial charge is 0.466 e. The van der Waals surface area contributed by atoms with E-state index >= 15 is 0 Å². The molecule has 1 aromatic carbocycles. The van der Waals surface area contributed by atoms with Gasteiger partial charge in [0.05, 0.1) is 12.0 Å². The SMILES string of the molecule is CCOC(=O)C1(Cc2ccccc2Br)CCCCC1. The lowest BCUT2D eigenvalue weighted by Gasteiger charge is -2.35. The van der Waals surface area contributed by atoms with Crippen LogP contribution in [-0.2, 0) is 16.0 Å². The molecule has 0 atom stereocenters. The summed E-state index contributed by atoms with van der Waals surface area (Å²) in [6.45, 7) is 2.35. The summed E-state index contributed by atoms with van der Waals surface area (Å²) >= 11 is 3.58. The fourth-order valence-electron chi connectivity index (χ4n) is 2.97. The highest BCUT2D eigenvalue weighted by Gasteiger charge is 2.41. The quantitative estimate of drug-likeness (QED) is 0.762. The van der Waals surface area contributed by atoms with E-state index in [0.29, 0.717) is 6.61 Å². The first-order valence-corrected chi connectivity index (χ1v) is 7.88. The molecule has 0 radical (unpaired) electrons. The van der Waals surface area contributed by atoms with Gasteiger partial charge in [0, 0.05) is 4.47 Å². The van der Waals surface area contributed by atoms with Crippen LogP contribution in [0, 0.1) is 5.41 Å². The molecule has 0 unspecified atom stereocenters. The highest BCUT2D eigenvalue weighted by Crippen LogP contribution is 2.41. The zero-order valence-corrected chi connectivity index (χ0v) is 13.0. The van der Waals surface area contributed by atoms with Crippen molar-refractivity contribution in [2.75, 3.05) is 6.61 Å². The monoisotopic (exact) mass is 324 g/mol. The van der Waals surface area contributed by atoms with Gasteiger partial charge in [0.15, 0.2) is 0 Å². The van der Waals surface area contributed by atoms with Crippen molar-refractivity contribution in [2.24, 2.45) is 5.41 Å². The number of halogens is 1. The number of esters is 1. The standard InChI is InChI=1S/C16H21BrO2/c1-2-19-15(18)16(10-6-3-7-11-16)12-13-8-4-5-9-14(13)17/h4-5,8-9H,2-3,6-7,10-12H2,1H3. The molecule has 0 N–H and O–H groups in total. The zero-order chi connectivity index (χ0) is 13.7. The molecule has 3 heteroatoms. The maximum absolute atomic E-state index is 12.4. The number of carbonyl (C=O) groups is 1. The maximum atomic E-state index is 12.4. The third-order valence-electron chi connectivity index (χ3n) is 4.01. The van der Waals surface area contributed by atoms with Crippen molar-refractivity contribution in [3.63, 3.8) is 0 Å². The Morgan fingerprint density at radius 1 is 1.26 bits per heavy atom. The van der Waals surface area contributed by atoms with Gasteiger partial charge in [-0.3, -0.25) is 4.79 Å². The van der Waals surface area contributed by atoms with Crippen molar-refractivity contribution >= 4 is 21.9 Å². The number of benzene rings is 1. The van der Waals surface area contributed by atoms with Gasteiger partial charge in [0.2, 0.25) is 0 Å². The second kappa shape index (κ2) is 6.56. The van der Waals surface area contributed by atoms with Crippen LogP contribution < -0.4 is 0 Å². The van der Waals surface area contributed by atoms with E-state index in [-0.39, 0.29) is 11.4 Å². The zero-order valence-electron chi connectivity index (χ0n) is 11.5. The lowest BCUT2D eigenvalue weighted by molar-refractivity contribution is -0.157.